The number of anilines is 1. The summed E-state index contributed by atoms with van der Waals surface area (Å²) in [6.07, 6.45) is 0.589. The number of amides is 1. The van der Waals surface area contributed by atoms with Crippen LogP contribution < -0.4 is 4.72 Å². The predicted molar refractivity (Wildman–Crippen MR) is 98.5 cm³/mol. The van der Waals surface area contributed by atoms with Crippen molar-refractivity contribution in [1.82, 2.24) is 4.90 Å². The number of hydrogen-bond donors (Lipinski definition) is 1. The molecule has 0 atom stereocenters. The van der Waals surface area contributed by atoms with Crippen LogP contribution in [0.1, 0.15) is 18.1 Å². The molecule has 132 valence electrons. The zero-order chi connectivity index (χ0) is 18.2. The average molecular weight is 399 g/mol. The summed E-state index contributed by atoms with van der Waals surface area (Å²) in [5.74, 6) is -0.0129. The third kappa shape index (κ3) is 3.92. The van der Waals surface area contributed by atoms with E-state index in [4.69, 9.17) is 23.2 Å². The van der Waals surface area contributed by atoms with Gasteiger partial charge in [0.1, 0.15) is 4.90 Å². The van der Waals surface area contributed by atoms with Crippen LogP contribution in [-0.4, -0.2) is 25.8 Å². The Morgan fingerprint density at radius 2 is 1.92 bits per heavy atom. The third-order valence-electron chi connectivity index (χ3n) is 4.08. The average Bonchev–Trinajstić information content (AvgIpc) is 2.53. The van der Waals surface area contributed by atoms with Gasteiger partial charge in [-0.2, -0.15) is 0 Å². The molecule has 0 aliphatic carbocycles. The second-order valence-electron chi connectivity index (χ2n) is 5.86. The minimum absolute atomic E-state index is 0.0129. The van der Waals surface area contributed by atoms with E-state index in [1.54, 1.807) is 35.2 Å². The first kappa shape index (κ1) is 18.0. The molecule has 3 rings (SSSR count). The van der Waals surface area contributed by atoms with E-state index in [2.05, 4.69) is 4.72 Å². The molecule has 0 fully saturated rings. The number of hydrogen-bond acceptors (Lipinski definition) is 3. The lowest BCUT2D eigenvalue weighted by Gasteiger charge is -2.28. The SMILES string of the molecule is CC(=O)N1CCc2cc(S(=O)(=O)Nc3cccc(Cl)c3)c(Cl)cc2C1. The normalized spacial score (nSPS) is 14.1. The Hall–Kier alpha value is -1.76. The Bertz CT molecular complexity index is 945. The fraction of sp³-hybridized carbons (Fsp3) is 0.235. The van der Waals surface area contributed by atoms with E-state index in [1.807, 2.05) is 0 Å². The summed E-state index contributed by atoms with van der Waals surface area (Å²) in [5, 5.41) is 0.555. The number of sulfonamides is 1. The second-order valence-corrected chi connectivity index (χ2v) is 8.35. The summed E-state index contributed by atoms with van der Waals surface area (Å²) in [6, 6.07) is 9.66. The first-order chi connectivity index (χ1) is 11.8. The van der Waals surface area contributed by atoms with E-state index in [1.165, 1.54) is 13.0 Å². The highest BCUT2D eigenvalue weighted by atomic mass is 35.5. The highest BCUT2D eigenvalue weighted by Crippen LogP contribution is 2.30. The summed E-state index contributed by atoms with van der Waals surface area (Å²) in [5.41, 5.74) is 2.12. The number of nitrogens with one attached hydrogen (secondary N) is 1. The molecule has 2 aromatic rings. The molecule has 8 heteroatoms. The molecule has 0 aromatic heterocycles. The molecule has 25 heavy (non-hydrogen) atoms. The quantitative estimate of drug-likeness (QED) is 0.856. The molecule has 0 saturated heterocycles. The van der Waals surface area contributed by atoms with Crippen molar-refractivity contribution in [3.05, 3.63) is 57.6 Å². The van der Waals surface area contributed by atoms with Crippen LogP contribution in [0.4, 0.5) is 5.69 Å². The zero-order valence-corrected chi connectivity index (χ0v) is 15.7. The zero-order valence-electron chi connectivity index (χ0n) is 13.4. The van der Waals surface area contributed by atoms with Gasteiger partial charge in [0.25, 0.3) is 10.0 Å². The first-order valence-corrected chi connectivity index (χ1v) is 9.85. The highest BCUT2D eigenvalue weighted by Gasteiger charge is 2.24. The molecule has 0 saturated carbocycles. The van der Waals surface area contributed by atoms with Gasteiger partial charge in [0.05, 0.1) is 10.7 Å². The first-order valence-electron chi connectivity index (χ1n) is 7.61. The van der Waals surface area contributed by atoms with E-state index in [0.717, 1.165) is 11.1 Å². The number of carbonyl (C=O) groups excluding carboxylic acids is 1. The molecule has 1 heterocycles. The summed E-state index contributed by atoms with van der Waals surface area (Å²) in [4.78, 5) is 13.2. The van der Waals surface area contributed by atoms with Gasteiger partial charge in [0.15, 0.2) is 0 Å². The maximum Gasteiger partial charge on any atom is 0.263 e. The highest BCUT2D eigenvalue weighted by molar-refractivity contribution is 7.92. The minimum Gasteiger partial charge on any atom is -0.338 e. The van der Waals surface area contributed by atoms with Crippen molar-refractivity contribution < 1.29 is 13.2 Å². The molecule has 1 amide bonds. The number of rotatable bonds is 3. The van der Waals surface area contributed by atoms with Crippen LogP contribution in [-0.2, 0) is 27.8 Å². The largest absolute Gasteiger partial charge is 0.338 e. The van der Waals surface area contributed by atoms with Crippen LogP contribution in [0.25, 0.3) is 0 Å². The number of benzene rings is 2. The van der Waals surface area contributed by atoms with Gasteiger partial charge in [0, 0.05) is 25.0 Å². The molecule has 1 aliphatic heterocycles. The molecule has 1 N–H and O–H groups in total. The maximum atomic E-state index is 12.7. The summed E-state index contributed by atoms with van der Waals surface area (Å²) < 4.78 is 27.9. The fourth-order valence-electron chi connectivity index (χ4n) is 2.79. The van der Waals surface area contributed by atoms with Crippen LogP contribution in [0.2, 0.25) is 10.0 Å². The standard InChI is InChI=1S/C17H16Cl2N2O3S/c1-11(22)21-6-5-12-8-17(16(19)7-13(12)10-21)25(23,24)20-15-4-2-3-14(18)9-15/h2-4,7-9,20H,5-6,10H2,1H3. The third-order valence-corrected chi connectivity index (χ3v) is 6.16. The van der Waals surface area contributed by atoms with E-state index in [9.17, 15) is 13.2 Å². The van der Waals surface area contributed by atoms with Gasteiger partial charge in [-0.25, -0.2) is 8.42 Å². The van der Waals surface area contributed by atoms with E-state index in [-0.39, 0.29) is 15.8 Å². The Morgan fingerprint density at radius 3 is 2.60 bits per heavy atom. The number of nitrogens with zero attached hydrogens (tertiary/aromatic N) is 1. The van der Waals surface area contributed by atoms with Crippen LogP contribution in [0, 0.1) is 0 Å². The van der Waals surface area contributed by atoms with Crippen molar-refractivity contribution in [2.24, 2.45) is 0 Å². The second kappa shape index (κ2) is 6.86. The molecule has 0 bridgehead atoms. The van der Waals surface area contributed by atoms with Crippen LogP contribution >= 0.6 is 23.2 Å². The molecule has 5 nitrogen and oxygen atoms in total. The monoisotopic (exact) mass is 398 g/mol. The van der Waals surface area contributed by atoms with Gasteiger partial charge in [-0.05, 0) is 47.9 Å². The van der Waals surface area contributed by atoms with Crippen LogP contribution in [0.15, 0.2) is 41.3 Å². The van der Waals surface area contributed by atoms with Gasteiger partial charge in [0.2, 0.25) is 5.91 Å². The molecule has 2 aromatic carbocycles. The lowest BCUT2D eigenvalue weighted by atomic mass is 10.00. The predicted octanol–water partition coefficient (Wildman–Crippen LogP) is 3.70. The summed E-state index contributed by atoms with van der Waals surface area (Å²) in [7, 11) is -3.85. The molecular formula is C17H16Cl2N2O3S. The van der Waals surface area contributed by atoms with Crippen molar-refractivity contribution in [2.45, 2.75) is 24.8 Å². The van der Waals surface area contributed by atoms with Gasteiger partial charge in [-0.3, -0.25) is 9.52 Å². The number of halogens is 2. The molecule has 0 spiro atoms. The minimum atomic E-state index is -3.85. The molecule has 0 unspecified atom stereocenters. The number of carbonyl (C=O) groups is 1. The topological polar surface area (TPSA) is 66.5 Å². The lowest BCUT2D eigenvalue weighted by Crippen LogP contribution is -2.34. The lowest BCUT2D eigenvalue weighted by molar-refractivity contribution is -0.129. The van der Waals surface area contributed by atoms with Crippen molar-refractivity contribution >= 4 is 44.8 Å². The van der Waals surface area contributed by atoms with Crippen molar-refractivity contribution in [1.29, 1.82) is 0 Å². The van der Waals surface area contributed by atoms with Gasteiger partial charge in [-0.1, -0.05) is 29.3 Å². The van der Waals surface area contributed by atoms with Gasteiger partial charge >= 0.3 is 0 Å². The van der Waals surface area contributed by atoms with E-state index >= 15 is 0 Å². The van der Waals surface area contributed by atoms with Crippen molar-refractivity contribution in [3.63, 3.8) is 0 Å². The van der Waals surface area contributed by atoms with E-state index in [0.29, 0.717) is 30.2 Å². The van der Waals surface area contributed by atoms with Gasteiger partial charge in [-0.15, -0.1) is 0 Å². The van der Waals surface area contributed by atoms with Gasteiger partial charge < -0.3 is 4.90 Å². The molecular weight excluding hydrogens is 383 g/mol. The van der Waals surface area contributed by atoms with Crippen LogP contribution in [0.3, 0.4) is 0 Å². The number of fused-ring (bicyclic) bond motifs is 1. The Kier molecular flexibility index (Phi) is 4.95. The van der Waals surface area contributed by atoms with Crippen molar-refractivity contribution in [2.75, 3.05) is 11.3 Å². The fourth-order valence-corrected chi connectivity index (χ4v) is 4.64. The maximum absolute atomic E-state index is 12.7. The Morgan fingerprint density at radius 1 is 1.16 bits per heavy atom. The Balaban J connectivity index is 1.94. The summed E-state index contributed by atoms with van der Waals surface area (Å²) >= 11 is 12.1. The Labute approximate surface area is 156 Å². The summed E-state index contributed by atoms with van der Waals surface area (Å²) in [6.45, 7) is 2.51. The van der Waals surface area contributed by atoms with Crippen LogP contribution in [0.5, 0.6) is 0 Å². The molecule has 1 aliphatic rings. The van der Waals surface area contributed by atoms with E-state index < -0.39 is 10.0 Å². The smallest absolute Gasteiger partial charge is 0.263 e. The van der Waals surface area contributed by atoms with Crippen molar-refractivity contribution in [3.8, 4) is 0 Å². The molecule has 0 radical (unpaired) electrons.